The first kappa shape index (κ1) is 14.7. The van der Waals surface area contributed by atoms with Crippen molar-refractivity contribution < 1.29 is 19.4 Å². The van der Waals surface area contributed by atoms with Gasteiger partial charge in [0, 0.05) is 17.1 Å². The molecule has 0 aliphatic carbocycles. The number of hydrogen-bond acceptors (Lipinski definition) is 4. The molecule has 1 fully saturated rings. The quantitative estimate of drug-likeness (QED) is 0.899. The number of benzene rings is 1. The smallest absolute Gasteiger partial charge is 0.304 e. The van der Waals surface area contributed by atoms with Gasteiger partial charge in [0.1, 0.15) is 13.2 Å². The Balaban J connectivity index is 1.76. The number of rotatable bonds is 4. The predicted octanol–water partition coefficient (Wildman–Crippen LogP) is 2.66. The lowest BCUT2D eigenvalue weighted by molar-refractivity contribution is -0.138. The Morgan fingerprint density at radius 1 is 1.33 bits per heavy atom. The molecule has 5 nitrogen and oxygen atoms in total. The molecule has 0 aromatic heterocycles. The molecule has 1 saturated heterocycles. The third kappa shape index (κ3) is 3.32. The summed E-state index contributed by atoms with van der Waals surface area (Å²) in [6.45, 7) is 2.82. The van der Waals surface area contributed by atoms with Crippen LogP contribution in [0.15, 0.2) is 16.6 Å². The minimum Gasteiger partial charge on any atom is -0.486 e. The molecule has 2 aliphatic heterocycles. The Kier molecular flexibility index (Phi) is 4.35. The first-order valence-corrected chi connectivity index (χ1v) is 7.96. The zero-order chi connectivity index (χ0) is 14.8. The van der Waals surface area contributed by atoms with Crippen molar-refractivity contribution in [1.82, 2.24) is 4.90 Å². The van der Waals surface area contributed by atoms with Crippen LogP contribution in [0.4, 0.5) is 0 Å². The monoisotopic (exact) mass is 355 g/mol. The van der Waals surface area contributed by atoms with Crippen molar-refractivity contribution in [1.29, 1.82) is 0 Å². The molecule has 0 radical (unpaired) electrons. The van der Waals surface area contributed by atoms with Gasteiger partial charge in [0.15, 0.2) is 11.5 Å². The fourth-order valence-corrected chi connectivity index (χ4v) is 3.43. The molecule has 3 rings (SSSR count). The molecule has 1 N–H and O–H groups in total. The van der Waals surface area contributed by atoms with E-state index in [0.717, 1.165) is 47.5 Å². The zero-order valence-electron chi connectivity index (χ0n) is 11.7. The third-order valence-corrected chi connectivity index (χ3v) is 4.73. The maximum absolute atomic E-state index is 10.9. The van der Waals surface area contributed by atoms with Crippen LogP contribution in [-0.4, -0.2) is 41.8 Å². The minimum atomic E-state index is -0.729. The molecular weight excluding hydrogens is 338 g/mol. The Bertz CT molecular complexity index is 549. The van der Waals surface area contributed by atoms with Gasteiger partial charge < -0.3 is 14.6 Å². The number of likely N-dealkylation sites (tertiary alicyclic amines) is 1. The number of carboxylic acids is 1. The van der Waals surface area contributed by atoms with Crippen LogP contribution in [0.2, 0.25) is 0 Å². The molecule has 2 aliphatic rings. The van der Waals surface area contributed by atoms with Gasteiger partial charge in [-0.3, -0.25) is 9.69 Å². The van der Waals surface area contributed by atoms with E-state index >= 15 is 0 Å². The second kappa shape index (κ2) is 6.23. The van der Waals surface area contributed by atoms with Crippen molar-refractivity contribution in [2.45, 2.75) is 31.8 Å². The first-order valence-electron chi connectivity index (χ1n) is 7.17. The Morgan fingerprint density at radius 3 is 2.76 bits per heavy atom. The van der Waals surface area contributed by atoms with Crippen LogP contribution in [-0.2, 0) is 11.3 Å². The van der Waals surface area contributed by atoms with Crippen molar-refractivity contribution in [3.8, 4) is 11.5 Å². The van der Waals surface area contributed by atoms with Crippen LogP contribution in [0.1, 0.15) is 24.8 Å². The fraction of sp³-hybridized carbons (Fsp3) is 0.533. The molecule has 6 heteroatoms. The summed E-state index contributed by atoms with van der Waals surface area (Å²) >= 11 is 3.57. The van der Waals surface area contributed by atoms with Crippen LogP contribution >= 0.6 is 15.9 Å². The molecule has 2 heterocycles. The molecule has 0 spiro atoms. The van der Waals surface area contributed by atoms with Crippen molar-refractivity contribution >= 4 is 21.9 Å². The highest BCUT2D eigenvalue weighted by Crippen LogP contribution is 2.36. The van der Waals surface area contributed by atoms with Gasteiger partial charge in [-0.1, -0.05) is 15.9 Å². The maximum atomic E-state index is 10.9. The second-order valence-corrected chi connectivity index (χ2v) is 6.31. The van der Waals surface area contributed by atoms with E-state index in [2.05, 4.69) is 20.8 Å². The standard InChI is InChI=1S/C15H18BrNO4/c16-12-8-14-13(20-4-5-21-14)6-10(12)9-17-3-1-2-11(17)7-15(18)19/h6,8,11H,1-5,7,9H2,(H,18,19). The number of hydrogen-bond donors (Lipinski definition) is 1. The van der Waals surface area contributed by atoms with Gasteiger partial charge in [-0.2, -0.15) is 0 Å². The average Bonchev–Trinajstić information content (AvgIpc) is 2.86. The number of halogens is 1. The topological polar surface area (TPSA) is 59.0 Å². The van der Waals surface area contributed by atoms with E-state index in [9.17, 15) is 4.79 Å². The van der Waals surface area contributed by atoms with Gasteiger partial charge in [-0.25, -0.2) is 0 Å². The summed E-state index contributed by atoms with van der Waals surface area (Å²) in [4.78, 5) is 13.2. The summed E-state index contributed by atoms with van der Waals surface area (Å²) in [7, 11) is 0. The molecule has 1 aromatic carbocycles. The van der Waals surface area contributed by atoms with E-state index in [1.807, 2.05) is 12.1 Å². The highest BCUT2D eigenvalue weighted by molar-refractivity contribution is 9.10. The lowest BCUT2D eigenvalue weighted by atomic mass is 10.1. The van der Waals surface area contributed by atoms with Crippen LogP contribution in [0.25, 0.3) is 0 Å². The molecule has 0 saturated carbocycles. The number of carbonyl (C=O) groups is 1. The third-order valence-electron chi connectivity index (χ3n) is 3.99. The van der Waals surface area contributed by atoms with Gasteiger partial charge in [0.25, 0.3) is 0 Å². The largest absolute Gasteiger partial charge is 0.486 e. The second-order valence-electron chi connectivity index (χ2n) is 5.45. The Hall–Kier alpha value is -1.27. The lowest BCUT2D eigenvalue weighted by Gasteiger charge is -2.25. The van der Waals surface area contributed by atoms with E-state index in [-0.39, 0.29) is 12.5 Å². The fourth-order valence-electron chi connectivity index (χ4n) is 2.98. The molecule has 1 unspecified atom stereocenters. The van der Waals surface area contributed by atoms with Gasteiger partial charge in [0.2, 0.25) is 0 Å². The number of carboxylic acid groups (broad SMARTS) is 1. The molecule has 1 atom stereocenters. The molecule has 0 amide bonds. The van der Waals surface area contributed by atoms with E-state index in [1.54, 1.807) is 0 Å². The highest BCUT2D eigenvalue weighted by atomic mass is 79.9. The summed E-state index contributed by atoms with van der Waals surface area (Å²) in [6, 6.07) is 4.06. The summed E-state index contributed by atoms with van der Waals surface area (Å²) in [5, 5.41) is 9.00. The maximum Gasteiger partial charge on any atom is 0.304 e. The van der Waals surface area contributed by atoms with Gasteiger partial charge in [-0.05, 0) is 37.1 Å². The van der Waals surface area contributed by atoms with Gasteiger partial charge in [-0.15, -0.1) is 0 Å². The SMILES string of the molecule is O=C(O)CC1CCCN1Cc1cc2c(cc1Br)OCCO2. The van der Waals surface area contributed by atoms with Crippen molar-refractivity contribution in [3.05, 3.63) is 22.2 Å². The molecular formula is C15H18BrNO4. The Morgan fingerprint density at radius 2 is 2.05 bits per heavy atom. The zero-order valence-corrected chi connectivity index (χ0v) is 13.3. The molecule has 21 heavy (non-hydrogen) atoms. The number of nitrogens with zero attached hydrogens (tertiary/aromatic N) is 1. The summed E-state index contributed by atoms with van der Waals surface area (Å²) in [5.74, 6) is 0.807. The van der Waals surface area contributed by atoms with Crippen LogP contribution in [0.3, 0.4) is 0 Å². The minimum absolute atomic E-state index is 0.127. The van der Waals surface area contributed by atoms with Crippen LogP contribution in [0.5, 0.6) is 11.5 Å². The highest BCUT2D eigenvalue weighted by Gasteiger charge is 2.27. The van der Waals surface area contributed by atoms with Crippen molar-refractivity contribution in [2.75, 3.05) is 19.8 Å². The van der Waals surface area contributed by atoms with Gasteiger partial charge >= 0.3 is 5.97 Å². The van der Waals surface area contributed by atoms with Gasteiger partial charge in [0.05, 0.1) is 6.42 Å². The number of ether oxygens (including phenoxy) is 2. The number of aliphatic carboxylic acids is 1. The normalized spacial score (nSPS) is 21.5. The molecule has 114 valence electrons. The lowest BCUT2D eigenvalue weighted by Crippen LogP contribution is -2.31. The predicted molar refractivity (Wildman–Crippen MR) is 80.8 cm³/mol. The Labute approximate surface area is 132 Å². The van der Waals surface area contributed by atoms with E-state index < -0.39 is 5.97 Å². The molecule has 1 aromatic rings. The summed E-state index contributed by atoms with van der Waals surface area (Å²) in [5.41, 5.74) is 1.11. The number of fused-ring (bicyclic) bond motifs is 1. The average molecular weight is 356 g/mol. The summed E-state index contributed by atoms with van der Waals surface area (Å²) in [6.07, 6.45) is 2.22. The first-order chi connectivity index (χ1) is 10.1. The van der Waals surface area contributed by atoms with Crippen molar-refractivity contribution in [3.63, 3.8) is 0 Å². The van der Waals surface area contributed by atoms with Crippen LogP contribution < -0.4 is 9.47 Å². The van der Waals surface area contributed by atoms with E-state index in [4.69, 9.17) is 14.6 Å². The van der Waals surface area contributed by atoms with E-state index in [1.165, 1.54) is 0 Å². The van der Waals surface area contributed by atoms with Crippen molar-refractivity contribution in [2.24, 2.45) is 0 Å². The molecule has 0 bridgehead atoms. The van der Waals surface area contributed by atoms with E-state index in [0.29, 0.717) is 13.2 Å². The van der Waals surface area contributed by atoms with Crippen LogP contribution in [0, 0.1) is 0 Å². The summed E-state index contributed by atoms with van der Waals surface area (Å²) < 4.78 is 12.2.